The molecular weight excluding hydrogens is 887 g/mol. The summed E-state index contributed by atoms with van der Waals surface area (Å²) in [6, 6.07) is 73.6. The SMILES string of the molecule is Cc1cc(-c2ccc(-c3cc(-c4ccc(C(C)(C)C)cn4)ccc3-c3ccccc3-c3cc(CCc4ccc(-c5ccccn5)cc4)cc(CCc4ccc(-c5ccccn5)cc4)c3)cc2)cc(C#N)c1C#N. The molecule has 0 radical (unpaired) electrons. The lowest BCUT2D eigenvalue weighted by atomic mass is 9.86. The molecule has 5 heteroatoms. The van der Waals surface area contributed by atoms with Crippen LogP contribution in [0.2, 0.25) is 0 Å². The van der Waals surface area contributed by atoms with Gasteiger partial charge in [0.2, 0.25) is 0 Å². The first-order chi connectivity index (χ1) is 35.6. The van der Waals surface area contributed by atoms with Crippen molar-refractivity contribution in [2.45, 2.75) is 58.8 Å². The number of benzene rings is 7. The predicted molar refractivity (Wildman–Crippen MR) is 298 cm³/mol. The summed E-state index contributed by atoms with van der Waals surface area (Å²) in [4.78, 5) is 14.1. The van der Waals surface area contributed by atoms with Crippen molar-refractivity contribution in [1.82, 2.24) is 15.0 Å². The lowest BCUT2D eigenvalue weighted by Crippen LogP contribution is -2.11. The third-order valence-electron chi connectivity index (χ3n) is 13.9. The summed E-state index contributed by atoms with van der Waals surface area (Å²) >= 11 is 0. The Bertz CT molecular complexity index is 3530. The van der Waals surface area contributed by atoms with Gasteiger partial charge in [-0.3, -0.25) is 15.0 Å². The van der Waals surface area contributed by atoms with Crippen molar-refractivity contribution in [3.63, 3.8) is 0 Å². The van der Waals surface area contributed by atoms with Crippen LogP contribution >= 0.6 is 0 Å². The standard InChI is InChI=1S/C68H55N5/c1-46-37-56(41-58(43-69)64(46)44-70)51-27-29-52(30-28-51)63-42-55(67-34-32-59(45-73-67)68(2,3)4)31-33-62(63)61-12-6-5-11-60(61)57-39-49(17-15-47-19-23-53(24-20-47)65-13-7-9-35-71-65)38-50(40-57)18-16-48-21-25-54(26-22-48)66-14-8-10-36-72-66/h5-14,19-42,45H,15-18H2,1-4H3. The van der Waals surface area contributed by atoms with Gasteiger partial charge in [0.1, 0.15) is 12.1 Å². The van der Waals surface area contributed by atoms with Crippen LogP contribution in [0.25, 0.3) is 78.3 Å². The highest BCUT2D eigenvalue weighted by Crippen LogP contribution is 2.42. The highest BCUT2D eigenvalue weighted by molar-refractivity contribution is 5.94. The largest absolute Gasteiger partial charge is 0.256 e. The van der Waals surface area contributed by atoms with E-state index >= 15 is 0 Å². The highest BCUT2D eigenvalue weighted by Gasteiger charge is 2.19. The first-order valence-corrected chi connectivity index (χ1v) is 25.0. The summed E-state index contributed by atoms with van der Waals surface area (Å²) < 4.78 is 0. The number of rotatable bonds is 13. The molecule has 0 atom stereocenters. The maximum atomic E-state index is 9.91. The van der Waals surface area contributed by atoms with Gasteiger partial charge in [0.15, 0.2) is 0 Å². The van der Waals surface area contributed by atoms with Crippen LogP contribution in [0, 0.1) is 29.6 Å². The number of aromatic nitrogens is 3. The second-order valence-electron chi connectivity index (χ2n) is 19.9. The Morgan fingerprint density at radius 3 is 1.44 bits per heavy atom. The van der Waals surface area contributed by atoms with E-state index in [2.05, 4.69) is 201 Å². The fourth-order valence-electron chi connectivity index (χ4n) is 9.72. The van der Waals surface area contributed by atoms with Crippen molar-refractivity contribution in [1.29, 1.82) is 10.5 Å². The summed E-state index contributed by atoms with van der Waals surface area (Å²) in [5.41, 5.74) is 22.7. The fourth-order valence-corrected chi connectivity index (χ4v) is 9.72. The van der Waals surface area contributed by atoms with Gasteiger partial charge in [-0.15, -0.1) is 0 Å². The van der Waals surface area contributed by atoms with Crippen LogP contribution < -0.4 is 0 Å². The Morgan fingerprint density at radius 2 is 0.904 bits per heavy atom. The fraction of sp³-hybridized carbons (Fsp3) is 0.132. The monoisotopic (exact) mass is 941 g/mol. The van der Waals surface area contributed by atoms with Gasteiger partial charge in [0.25, 0.3) is 0 Å². The number of hydrogen-bond donors (Lipinski definition) is 0. The molecule has 0 bridgehead atoms. The molecule has 352 valence electrons. The average molecular weight is 942 g/mol. The molecule has 3 aromatic heterocycles. The minimum Gasteiger partial charge on any atom is -0.256 e. The van der Waals surface area contributed by atoms with Gasteiger partial charge in [-0.05, 0) is 158 Å². The van der Waals surface area contributed by atoms with Crippen LogP contribution in [0.15, 0.2) is 213 Å². The molecule has 73 heavy (non-hydrogen) atoms. The molecule has 0 saturated heterocycles. The van der Waals surface area contributed by atoms with Crippen molar-refractivity contribution < 1.29 is 0 Å². The van der Waals surface area contributed by atoms with Gasteiger partial charge in [-0.25, -0.2) is 0 Å². The third kappa shape index (κ3) is 10.8. The minimum absolute atomic E-state index is 0.0112. The number of aryl methyl sites for hydroxylation is 5. The van der Waals surface area contributed by atoms with Crippen LogP contribution in [0.1, 0.15) is 65.3 Å². The zero-order valence-electron chi connectivity index (χ0n) is 41.8. The number of nitriles is 2. The maximum Gasteiger partial charge on any atom is 0.101 e. The molecule has 0 fully saturated rings. The quantitative estimate of drug-likeness (QED) is 0.115. The Hall–Kier alpha value is -9.03. The van der Waals surface area contributed by atoms with Crippen LogP contribution in [0.5, 0.6) is 0 Å². The lowest BCUT2D eigenvalue weighted by molar-refractivity contribution is 0.587. The molecular formula is C68H55N5. The number of nitrogens with zero attached hydrogens (tertiary/aromatic N) is 5. The molecule has 10 rings (SSSR count). The van der Waals surface area contributed by atoms with E-state index in [9.17, 15) is 10.5 Å². The van der Waals surface area contributed by atoms with Crippen molar-refractivity contribution in [3.8, 4) is 90.4 Å². The van der Waals surface area contributed by atoms with Gasteiger partial charge in [-0.1, -0.05) is 172 Å². The molecule has 7 aromatic carbocycles. The predicted octanol–water partition coefficient (Wildman–Crippen LogP) is 16.5. The summed E-state index contributed by atoms with van der Waals surface area (Å²) in [6.07, 6.45) is 9.30. The van der Waals surface area contributed by atoms with Crippen LogP contribution in [-0.2, 0) is 31.1 Å². The molecule has 5 nitrogen and oxygen atoms in total. The van der Waals surface area contributed by atoms with Gasteiger partial charge >= 0.3 is 0 Å². The second-order valence-corrected chi connectivity index (χ2v) is 19.9. The Balaban J connectivity index is 1.03. The Morgan fingerprint density at radius 1 is 0.384 bits per heavy atom. The van der Waals surface area contributed by atoms with Crippen molar-refractivity contribution in [2.75, 3.05) is 0 Å². The van der Waals surface area contributed by atoms with E-state index in [0.29, 0.717) is 11.1 Å². The van der Waals surface area contributed by atoms with Gasteiger partial charge in [0.05, 0.1) is 28.2 Å². The zero-order chi connectivity index (χ0) is 50.3. The highest BCUT2D eigenvalue weighted by atomic mass is 14.7. The zero-order valence-corrected chi connectivity index (χ0v) is 41.8. The second kappa shape index (κ2) is 21.1. The number of pyridine rings is 3. The van der Waals surface area contributed by atoms with E-state index in [-0.39, 0.29) is 5.41 Å². The molecule has 3 heterocycles. The molecule has 0 N–H and O–H groups in total. The van der Waals surface area contributed by atoms with E-state index in [1.807, 2.05) is 61.9 Å². The van der Waals surface area contributed by atoms with Crippen LogP contribution in [-0.4, -0.2) is 15.0 Å². The van der Waals surface area contributed by atoms with Crippen LogP contribution in [0.3, 0.4) is 0 Å². The molecule has 0 aliphatic heterocycles. The summed E-state index contributed by atoms with van der Waals surface area (Å²) in [6.45, 7) is 8.52. The molecule has 0 unspecified atom stereocenters. The Kier molecular flexibility index (Phi) is 13.8. The summed E-state index contributed by atoms with van der Waals surface area (Å²) in [5.74, 6) is 0. The van der Waals surface area contributed by atoms with E-state index in [0.717, 1.165) is 98.4 Å². The topological polar surface area (TPSA) is 86.2 Å². The first-order valence-electron chi connectivity index (χ1n) is 25.0. The van der Waals surface area contributed by atoms with E-state index < -0.39 is 0 Å². The molecule has 0 amide bonds. The first kappa shape index (κ1) is 47.6. The Labute approximate surface area is 429 Å². The smallest absolute Gasteiger partial charge is 0.101 e. The van der Waals surface area contributed by atoms with Gasteiger partial charge in [-0.2, -0.15) is 10.5 Å². The van der Waals surface area contributed by atoms with Crippen LogP contribution in [0.4, 0.5) is 0 Å². The van der Waals surface area contributed by atoms with Crippen molar-refractivity contribution in [3.05, 3.63) is 257 Å². The molecule has 0 saturated carbocycles. The molecule has 0 spiro atoms. The lowest BCUT2D eigenvalue weighted by Gasteiger charge is -2.19. The molecule has 0 aliphatic rings. The molecule has 0 aliphatic carbocycles. The van der Waals surface area contributed by atoms with Crippen molar-refractivity contribution >= 4 is 0 Å². The third-order valence-corrected chi connectivity index (χ3v) is 13.9. The summed E-state index contributed by atoms with van der Waals surface area (Å²) in [5, 5.41) is 19.7. The molecule has 10 aromatic rings. The summed E-state index contributed by atoms with van der Waals surface area (Å²) in [7, 11) is 0. The normalized spacial score (nSPS) is 11.2. The van der Waals surface area contributed by atoms with E-state index in [1.54, 1.807) is 0 Å². The average Bonchev–Trinajstić information content (AvgIpc) is 3.44. The number of hydrogen-bond acceptors (Lipinski definition) is 5. The minimum atomic E-state index is -0.0112. The van der Waals surface area contributed by atoms with E-state index in [1.165, 1.54) is 38.9 Å². The van der Waals surface area contributed by atoms with Gasteiger partial charge < -0.3 is 0 Å². The van der Waals surface area contributed by atoms with E-state index in [4.69, 9.17) is 4.98 Å². The van der Waals surface area contributed by atoms with Gasteiger partial charge in [0, 0.05) is 35.3 Å². The van der Waals surface area contributed by atoms with Crippen molar-refractivity contribution in [2.24, 2.45) is 0 Å². The maximum absolute atomic E-state index is 9.91.